The Labute approximate surface area is 351 Å². The van der Waals surface area contributed by atoms with Crippen LogP contribution in [0.15, 0.2) is 30.3 Å². The molecule has 5 N–H and O–H groups in total. The summed E-state index contributed by atoms with van der Waals surface area (Å²) in [6.45, 7) is 5.79. The Morgan fingerprint density at radius 1 is 0.690 bits per heavy atom. The van der Waals surface area contributed by atoms with Crippen molar-refractivity contribution >= 4 is 17.9 Å². The lowest BCUT2D eigenvalue weighted by atomic mass is 9.94. The molecule has 0 radical (unpaired) electrons. The molecule has 1 aliphatic heterocycles. The molecule has 0 unspecified atom stereocenters. The summed E-state index contributed by atoms with van der Waals surface area (Å²) < 4.78 is 11.4. The van der Waals surface area contributed by atoms with E-state index in [1.807, 2.05) is 30.3 Å². The number of benzene rings is 1. The maximum Gasteiger partial charge on any atom is 0.408 e. The van der Waals surface area contributed by atoms with Crippen LogP contribution in [-0.4, -0.2) is 87.9 Å². The molecule has 1 aliphatic rings. The Bertz CT molecular complexity index is 1190. The number of unbranched alkanes of at least 4 members (excludes halogenated alkanes) is 23. The molecular weight excluding hydrogens is 735 g/mol. The van der Waals surface area contributed by atoms with Gasteiger partial charge in [-0.2, -0.15) is 0 Å². The van der Waals surface area contributed by atoms with Gasteiger partial charge in [0.15, 0.2) is 6.23 Å². The molecule has 0 aromatic heterocycles. The van der Waals surface area contributed by atoms with Gasteiger partial charge in [0, 0.05) is 13.0 Å². The lowest BCUT2D eigenvalue weighted by Gasteiger charge is -2.47. The van der Waals surface area contributed by atoms with E-state index in [2.05, 4.69) is 24.5 Å². The van der Waals surface area contributed by atoms with Crippen molar-refractivity contribution in [2.45, 2.75) is 231 Å². The quantitative estimate of drug-likeness (QED) is 0.0431. The topological polar surface area (TPSA) is 158 Å². The molecule has 334 valence electrons. The van der Waals surface area contributed by atoms with E-state index in [4.69, 9.17) is 9.47 Å². The van der Waals surface area contributed by atoms with Gasteiger partial charge in [-0.25, -0.2) is 4.79 Å². The zero-order valence-corrected chi connectivity index (χ0v) is 36.7. The number of nitrogens with one attached hydrogen (secondary N) is 2. The average molecular weight is 818 g/mol. The molecule has 3 amide bonds. The standard InChI is InChI=1S/C47H83N3O8/c1-4-6-8-10-12-14-16-17-18-20-22-24-26-31-35-50(41(52)34-30-25-23-21-19-15-13-11-9-7-5-2)46-42(44(54)43(53)40(36-51)58-46)49-45(55)38(3)48-47(56)57-37-39-32-28-27-29-33-39/h27-29,32-33,38,40,42-44,46,51,53-54H,4-26,30-31,34-37H2,1-3H3,(H,48,56)(H,49,55)/t38-,40+,42+,43+,44+,46+/m0/s1. The summed E-state index contributed by atoms with van der Waals surface area (Å²) in [5.41, 5.74) is 0.796. The van der Waals surface area contributed by atoms with Gasteiger partial charge in [-0.05, 0) is 25.3 Å². The maximum absolute atomic E-state index is 14.0. The first kappa shape index (κ1) is 51.4. The molecule has 11 heteroatoms. The van der Waals surface area contributed by atoms with E-state index in [9.17, 15) is 29.7 Å². The van der Waals surface area contributed by atoms with Crippen LogP contribution in [0.2, 0.25) is 0 Å². The van der Waals surface area contributed by atoms with E-state index in [1.165, 1.54) is 116 Å². The van der Waals surface area contributed by atoms with Crippen LogP contribution in [0.1, 0.15) is 193 Å². The third kappa shape index (κ3) is 22.0. The highest BCUT2D eigenvalue weighted by molar-refractivity contribution is 5.85. The largest absolute Gasteiger partial charge is 0.445 e. The van der Waals surface area contributed by atoms with Crippen LogP contribution in [0.4, 0.5) is 4.79 Å². The fourth-order valence-electron chi connectivity index (χ4n) is 7.77. The Morgan fingerprint density at radius 2 is 1.16 bits per heavy atom. The minimum atomic E-state index is -1.54. The maximum atomic E-state index is 14.0. The zero-order valence-electron chi connectivity index (χ0n) is 36.7. The van der Waals surface area contributed by atoms with Crippen LogP contribution in [0, 0.1) is 0 Å². The van der Waals surface area contributed by atoms with E-state index in [0.29, 0.717) is 13.0 Å². The second-order valence-corrected chi connectivity index (χ2v) is 16.7. The summed E-state index contributed by atoms with van der Waals surface area (Å²) >= 11 is 0. The molecule has 0 spiro atoms. The summed E-state index contributed by atoms with van der Waals surface area (Å²) in [7, 11) is 0. The first-order valence-corrected chi connectivity index (χ1v) is 23.4. The molecule has 1 saturated heterocycles. The van der Waals surface area contributed by atoms with Crippen molar-refractivity contribution in [1.82, 2.24) is 15.5 Å². The Kier molecular flexibility index (Phi) is 29.3. The van der Waals surface area contributed by atoms with Crippen molar-refractivity contribution in [2.24, 2.45) is 0 Å². The van der Waals surface area contributed by atoms with E-state index < -0.39 is 55.2 Å². The Balaban J connectivity index is 1.99. The molecule has 0 aliphatic carbocycles. The number of hydrogen-bond donors (Lipinski definition) is 5. The van der Waals surface area contributed by atoms with Gasteiger partial charge in [-0.3, -0.25) is 9.59 Å². The summed E-state index contributed by atoms with van der Waals surface area (Å²) in [4.78, 5) is 41.6. The minimum absolute atomic E-state index is 0.0302. The fourth-order valence-corrected chi connectivity index (χ4v) is 7.77. The van der Waals surface area contributed by atoms with Gasteiger partial charge in [-0.15, -0.1) is 0 Å². The molecule has 6 atom stereocenters. The number of hydrogen-bond acceptors (Lipinski definition) is 8. The summed E-state index contributed by atoms with van der Waals surface area (Å²) in [5.74, 6) is -0.788. The molecular formula is C47H83N3O8. The van der Waals surface area contributed by atoms with Gasteiger partial charge in [0.1, 0.15) is 37.0 Å². The molecule has 58 heavy (non-hydrogen) atoms. The third-order valence-electron chi connectivity index (χ3n) is 11.5. The van der Waals surface area contributed by atoms with Gasteiger partial charge in [-0.1, -0.05) is 192 Å². The lowest BCUT2D eigenvalue weighted by molar-refractivity contribution is -0.231. The van der Waals surface area contributed by atoms with Crippen LogP contribution < -0.4 is 10.6 Å². The van der Waals surface area contributed by atoms with E-state index in [-0.39, 0.29) is 12.5 Å². The molecule has 1 fully saturated rings. The lowest BCUT2D eigenvalue weighted by Crippen LogP contribution is -2.69. The van der Waals surface area contributed by atoms with Gasteiger partial charge >= 0.3 is 6.09 Å². The fraction of sp³-hybridized carbons (Fsp3) is 0.809. The molecule has 0 bridgehead atoms. The van der Waals surface area contributed by atoms with Crippen LogP contribution in [0.3, 0.4) is 0 Å². The van der Waals surface area contributed by atoms with Crippen molar-refractivity contribution in [1.29, 1.82) is 0 Å². The molecule has 1 heterocycles. The summed E-state index contributed by atoms with van der Waals surface area (Å²) in [6, 6.07) is 6.91. The first-order valence-electron chi connectivity index (χ1n) is 23.4. The Hall–Kier alpha value is -2.73. The van der Waals surface area contributed by atoms with E-state index in [1.54, 1.807) is 4.90 Å². The number of amides is 3. The number of aliphatic hydroxyl groups excluding tert-OH is 3. The highest BCUT2D eigenvalue weighted by Crippen LogP contribution is 2.26. The zero-order chi connectivity index (χ0) is 42.2. The number of nitrogens with zero attached hydrogens (tertiary/aromatic N) is 1. The monoisotopic (exact) mass is 818 g/mol. The van der Waals surface area contributed by atoms with Gasteiger partial charge < -0.3 is 40.3 Å². The molecule has 2 rings (SSSR count). The first-order chi connectivity index (χ1) is 28.2. The van der Waals surface area contributed by atoms with Crippen LogP contribution in [0.5, 0.6) is 0 Å². The van der Waals surface area contributed by atoms with Crippen molar-refractivity contribution in [3.8, 4) is 0 Å². The number of aliphatic hydroxyl groups is 3. The van der Waals surface area contributed by atoms with Crippen molar-refractivity contribution in [3.05, 3.63) is 35.9 Å². The van der Waals surface area contributed by atoms with E-state index >= 15 is 0 Å². The number of carbonyl (C=O) groups is 3. The van der Waals surface area contributed by atoms with E-state index in [0.717, 1.165) is 56.9 Å². The highest BCUT2D eigenvalue weighted by atomic mass is 16.6. The summed E-state index contributed by atoms with van der Waals surface area (Å²) in [5, 5.41) is 37.5. The SMILES string of the molecule is CCCCCCCCCCCCCCCCN(C(=O)CCCCCCCCCCCCC)[C@@H]1O[C@H](CO)[C@@H](O)[C@H](O)[C@H]1NC(=O)[C@H](C)NC(=O)OCc1ccccc1. The predicted octanol–water partition coefficient (Wildman–Crippen LogP) is 9.24. The highest BCUT2D eigenvalue weighted by Gasteiger charge is 2.48. The normalized spacial score (nSPS) is 19.7. The molecule has 1 aromatic rings. The third-order valence-corrected chi connectivity index (χ3v) is 11.5. The van der Waals surface area contributed by atoms with Gasteiger partial charge in [0.2, 0.25) is 11.8 Å². The number of rotatable bonds is 34. The average Bonchev–Trinajstić information content (AvgIpc) is 3.23. The van der Waals surface area contributed by atoms with Crippen molar-refractivity contribution in [3.63, 3.8) is 0 Å². The van der Waals surface area contributed by atoms with Crippen molar-refractivity contribution in [2.75, 3.05) is 13.2 Å². The minimum Gasteiger partial charge on any atom is -0.445 e. The summed E-state index contributed by atoms with van der Waals surface area (Å²) in [6.07, 6.45) is 23.9. The molecule has 1 aromatic carbocycles. The number of carbonyl (C=O) groups excluding carboxylic acids is 3. The smallest absolute Gasteiger partial charge is 0.408 e. The molecule has 0 saturated carbocycles. The van der Waals surface area contributed by atoms with Crippen LogP contribution >= 0.6 is 0 Å². The van der Waals surface area contributed by atoms with Crippen molar-refractivity contribution < 1.29 is 39.2 Å². The van der Waals surface area contributed by atoms with Crippen LogP contribution in [-0.2, 0) is 25.7 Å². The van der Waals surface area contributed by atoms with Gasteiger partial charge in [0.05, 0.1) is 6.61 Å². The number of ether oxygens (including phenoxy) is 2. The Morgan fingerprint density at radius 3 is 1.64 bits per heavy atom. The van der Waals surface area contributed by atoms with Crippen LogP contribution in [0.25, 0.3) is 0 Å². The molecule has 11 nitrogen and oxygen atoms in total. The number of alkyl carbamates (subject to hydrolysis) is 1. The predicted molar refractivity (Wildman–Crippen MR) is 232 cm³/mol. The second kappa shape index (κ2) is 33.0. The second-order valence-electron chi connectivity index (χ2n) is 16.7. The van der Waals surface area contributed by atoms with Gasteiger partial charge in [0.25, 0.3) is 0 Å².